The Labute approximate surface area is 120 Å². The first kappa shape index (κ1) is 11.6. The van der Waals surface area contributed by atoms with Crippen molar-refractivity contribution in [3.05, 3.63) is 34.3 Å². The summed E-state index contributed by atoms with van der Waals surface area (Å²) in [4.78, 5) is 12.3. The lowest BCUT2D eigenvalue weighted by Gasteiger charge is -2.04. The number of para-hydroxylation sites is 1. The van der Waals surface area contributed by atoms with Crippen molar-refractivity contribution in [2.75, 3.05) is 5.73 Å². The number of aromatic nitrogens is 3. The molecule has 0 aliphatic heterocycles. The number of hydrogen-bond donors (Lipinski definition) is 1. The Morgan fingerprint density at radius 1 is 1.28 bits per heavy atom. The Bertz CT molecular complexity index is 715. The quantitative estimate of drug-likeness (QED) is 0.555. The molecule has 0 aliphatic carbocycles. The Balaban J connectivity index is 2.04. The van der Waals surface area contributed by atoms with Gasteiger partial charge in [0.05, 0.1) is 4.70 Å². The maximum Gasteiger partial charge on any atom is 0.223 e. The van der Waals surface area contributed by atoms with E-state index in [1.54, 1.807) is 6.07 Å². The zero-order valence-corrected chi connectivity index (χ0v) is 12.0. The van der Waals surface area contributed by atoms with Crippen molar-refractivity contribution in [1.82, 2.24) is 15.0 Å². The third kappa shape index (κ3) is 2.23. The van der Waals surface area contributed by atoms with Gasteiger partial charge >= 0.3 is 0 Å². The number of hydrogen-bond acceptors (Lipinski definition) is 6. The van der Waals surface area contributed by atoms with Crippen LogP contribution in [0.3, 0.4) is 0 Å². The number of nitrogens with two attached hydrogens (primary N) is 1. The maximum absolute atomic E-state index is 5.72. The van der Waals surface area contributed by atoms with Crippen LogP contribution >= 0.6 is 33.9 Å². The van der Waals surface area contributed by atoms with Crippen LogP contribution in [0.2, 0.25) is 0 Å². The molecule has 0 fully saturated rings. The predicted molar refractivity (Wildman–Crippen MR) is 78.9 cm³/mol. The molecule has 0 spiro atoms. The van der Waals surface area contributed by atoms with Crippen LogP contribution in [0.5, 0.6) is 11.6 Å². The number of fused-ring (bicyclic) bond motifs is 1. The lowest BCUT2D eigenvalue weighted by atomic mass is 10.3. The van der Waals surface area contributed by atoms with Gasteiger partial charge in [-0.15, -0.1) is 0 Å². The van der Waals surface area contributed by atoms with Gasteiger partial charge < -0.3 is 10.5 Å². The summed E-state index contributed by atoms with van der Waals surface area (Å²) in [5, 5.41) is 0.526. The van der Waals surface area contributed by atoms with Crippen molar-refractivity contribution in [1.29, 1.82) is 0 Å². The lowest BCUT2D eigenvalue weighted by molar-refractivity contribution is 0.465. The van der Waals surface area contributed by atoms with Crippen LogP contribution in [0, 0.1) is 3.70 Å². The molecule has 2 N–H and O–H groups in total. The molecule has 3 aromatic rings. The van der Waals surface area contributed by atoms with Gasteiger partial charge in [0.1, 0.15) is 15.5 Å². The van der Waals surface area contributed by atoms with Gasteiger partial charge in [0.2, 0.25) is 5.88 Å². The number of nitrogen functional groups attached to an aromatic ring is 1. The van der Waals surface area contributed by atoms with Crippen LogP contribution in [0.1, 0.15) is 0 Å². The summed E-state index contributed by atoms with van der Waals surface area (Å²) >= 11 is 3.54. The average molecular weight is 370 g/mol. The van der Waals surface area contributed by atoms with Crippen molar-refractivity contribution >= 4 is 49.3 Å². The number of anilines is 1. The number of thiazole rings is 1. The number of halogens is 1. The Morgan fingerprint density at radius 2 is 2.17 bits per heavy atom. The van der Waals surface area contributed by atoms with Crippen LogP contribution in [0.4, 0.5) is 5.13 Å². The molecule has 0 bridgehead atoms. The number of benzene rings is 1. The largest absolute Gasteiger partial charge is 0.437 e. The fraction of sp³-hybridized carbons (Fsp3) is 0. The second-order valence-electron chi connectivity index (χ2n) is 3.44. The monoisotopic (exact) mass is 370 g/mol. The molecule has 0 unspecified atom stereocenters. The van der Waals surface area contributed by atoms with Gasteiger partial charge in [-0.3, -0.25) is 0 Å². The smallest absolute Gasteiger partial charge is 0.223 e. The molecule has 1 aromatic carbocycles. The molecule has 2 heterocycles. The molecule has 0 radical (unpaired) electrons. The highest BCUT2D eigenvalue weighted by molar-refractivity contribution is 14.1. The Hall–Kier alpha value is -1.48. The van der Waals surface area contributed by atoms with E-state index in [9.17, 15) is 0 Å². The highest BCUT2D eigenvalue weighted by Gasteiger charge is 2.09. The molecule has 0 saturated heterocycles. The first-order valence-corrected chi connectivity index (χ1v) is 6.92. The first-order valence-electron chi connectivity index (χ1n) is 5.03. The van der Waals surface area contributed by atoms with Crippen LogP contribution in [0.25, 0.3) is 10.2 Å². The zero-order chi connectivity index (χ0) is 12.5. The fourth-order valence-electron chi connectivity index (χ4n) is 1.51. The first-order chi connectivity index (χ1) is 8.72. The van der Waals surface area contributed by atoms with Gasteiger partial charge in [-0.05, 0) is 34.7 Å². The van der Waals surface area contributed by atoms with E-state index in [-0.39, 0.29) is 0 Å². The minimum absolute atomic E-state index is 0.494. The average Bonchev–Trinajstić information content (AvgIpc) is 2.71. The van der Waals surface area contributed by atoms with Gasteiger partial charge in [0.15, 0.2) is 10.9 Å². The third-order valence-electron chi connectivity index (χ3n) is 2.22. The van der Waals surface area contributed by atoms with Crippen molar-refractivity contribution in [2.45, 2.75) is 0 Å². The van der Waals surface area contributed by atoms with E-state index < -0.39 is 0 Å². The molecule has 90 valence electrons. The summed E-state index contributed by atoms with van der Waals surface area (Å²) in [5.41, 5.74) is 6.46. The van der Waals surface area contributed by atoms with Gasteiger partial charge in [0, 0.05) is 6.07 Å². The summed E-state index contributed by atoms with van der Waals surface area (Å²) in [5.74, 6) is 1.14. The van der Waals surface area contributed by atoms with E-state index in [4.69, 9.17) is 10.5 Å². The molecule has 0 amide bonds. The molecule has 2 aromatic heterocycles. The summed E-state index contributed by atoms with van der Waals surface area (Å²) in [6.45, 7) is 0. The van der Waals surface area contributed by atoms with Gasteiger partial charge in [-0.2, -0.15) is 0 Å². The molecule has 5 nitrogen and oxygen atoms in total. The van der Waals surface area contributed by atoms with E-state index in [1.807, 2.05) is 18.2 Å². The van der Waals surface area contributed by atoms with Gasteiger partial charge in [0.25, 0.3) is 0 Å². The van der Waals surface area contributed by atoms with Crippen molar-refractivity contribution < 1.29 is 4.74 Å². The molecule has 18 heavy (non-hydrogen) atoms. The summed E-state index contributed by atoms with van der Waals surface area (Å²) in [6.07, 6.45) is 1.46. The summed E-state index contributed by atoms with van der Waals surface area (Å²) in [6, 6.07) is 7.47. The minimum Gasteiger partial charge on any atom is -0.437 e. The normalized spacial score (nSPS) is 10.7. The fourth-order valence-corrected chi connectivity index (χ4v) is 2.65. The summed E-state index contributed by atoms with van der Waals surface area (Å²) in [7, 11) is 0. The van der Waals surface area contributed by atoms with Crippen molar-refractivity contribution in [3.8, 4) is 11.6 Å². The minimum atomic E-state index is 0.494. The highest BCUT2D eigenvalue weighted by Crippen LogP contribution is 2.32. The predicted octanol–water partition coefficient (Wildman–Crippen LogP) is 3.07. The topological polar surface area (TPSA) is 73.9 Å². The van der Waals surface area contributed by atoms with E-state index >= 15 is 0 Å². The Morgan fingerprint density at radius 3 is 3.00 bits per heavy atom. The van der Waals surface area contributed by atoms with Gasteiger partial charge in [-0.1, -0.05) is 17.4 Å². The van der Waals surface area contributed by atoms with Crippen LogP contribution in [0.15, 0.2) is 30.6 Å². The molecule has 3 rings (SSSR count). The van der Waals surface area contributed by atoms with Crippen molar-refractivity contribution in [2.24, 2.45) is 0 Å². The number of ether oxygens (including phenoxy) is 1. The Kier molecular flexibility index (Phi) is 3.00. The molecule has 0 saturated carbocycles. The number of nitrogens with zero attached hydrogens (tertiary/aromatic N) is 3. The second-order valence-corrected chi connectivity index (χ2v) is 5.60. The van der Waals surface area contributed by atoms with Crippen LogP contribution in [-0.2, 0) is 0 Å². The lowest BCUT2D eigenvalue weighted by Crippen LogP contribution is -1.91. The van der Waals surface area contributed by atoms with E-state index in [0.717, 1.165) is 13.9 Å². The standard InChI is InChI=1S/C11H7IN4OS/c12-8-4-9(15-5-14-8)17-6-2-1-3-7-10(6)16-11(13)18-7/h1-5H,(H2,13,16). The van der Waals surface area contributed by atoms with E-state index in [1.165, 1.54) is 17.7 Å². The van der Waals surface area contributed by atoms with Crippen molar-refractivity contribution in [3.63, 3.8) is 0 Å². The second kappa shape index (κ2) is 4.65. The molecule has 0 aliphatic rings. The van der Waals surface area contributed by atoms with Crippen LogP contribution in [-0.4, -0.2) is 15.0 Å². The van der Waals surface area contributed by atoms with E-state index in [2.05, 4.69) is 37.5 Å². The zero-order valence-electron chi connectivity index (χ0n) is 9.00. The number of rotatable bonds is 2. The molecule has 7 heteroatoms. The molecular weight excluding hydrogens is 363 g/mol. The van der Waals surface area contributed by atoms with Crippen LogP contribution < -0.4 is 10.5 Å². The summed E-state index contributed by atoms with van der Waals surface area (Å²) < 4.78 is 7.53. The highest BCUT2D eigenvalue weighted by atomic mass is 127. The SMILES string of the molecule is Nc1nc2c(Oc3cc(I)ncn3)cccc2s1. The molecule has 0 atom stereocenters. The third-order valence-corrected chi connectivity index (χ3v) is 3.66. The van der Waals surface area contributed by atoms with E-state index in [0.29, 0.717) is 16.8 Å². The van der Waals surface area contributed by atoms with Gasteiger partial charge in [-0.25, -0.2) is 15.0 Å². The molecular formula is C11H7IN4OS. The maximum atomic E-state index is 5.72.